The second-order valence-electron chi connectivity index (χ2n) is 13.7. The lowest BCUT2D eigenvalue weighted by molar-refractivity contribution is -0.387. The Labute approximate surface area is 283 Å². The van der Waals surface area contributed by atoms with Crippen LogP contribution in [0.2, 0.25) is 0 Å². The smallest absolute Gasteiger partial charge is 0.293 e. The van der Waals surface area contributed by atoms with Crippen LogP contribution in [0, 0.1) is 21.4 Å². The van der Waals surface area contributed by atoms with Gasteiger partial charge in [-0.3, -0.25) is 24.5 Å². The second-order valence-corrected chi connectivity index (χ2v) is 15.3. The van der Waals surface area contributed by atoms with Crippen LogP contribution in [-0.4, -0.2) is 75.3 Å². The van der Waals surface area contributed by atoms with Crippen LogP contribution < -0.4 is 20.1 Å². The molecule has 3 N–H and O–H groups in total. The number of nitro benzene ring substituents is 1. The van der Waals surface area contributed by atoms with Gasteiger partial charge < -0.3 is 20.3 Å². The van der Waals surface area contributed by atoms with E-state index in [2.05, 4.69) is 10.6 Å². The van der Waals surface area contributed by atoms with Crippen LogP contribution in [0.3, 0.4) is 0 Å². The number of nitrogens with one attached hydrogen (secondary N) is 3. The molecule has 0 fully saturated rings. The molecule has 0 saturated carbocycles. The van der Waals surface area contributed by atoms with E-state index < -0.39 is 66.3 Å². The van der Waals surface area contributed by atoms with E-state index in [0.717, 1.165) is 17.7 Å². The number of carbonyl (C=O) groups excluding carboxylic acids is 3. The molecule has 0 heterocycles. The van der Waals surface area contributed by atoms with Gasteiger partial charge in [0.15, 0.2) is 4.90 Å². The summed E-state index contributed by atoms with van der Waals surface area (Å²) in [5.74, 6) is -1.96. The molecule has 0 aliphatic heterocycles. The molecule has 2 aromatic carbocycles. The third-order valence-electron chi connectivity index (χ3n) is 8.33. The zero-order chi connectivity index (χ0) is 36.8. The van der Waals surface area contributed by atoms with Gasteiger partial charge in [0.25, 0.3) is 21.6 Å². The average Bonchev–Trinajstić information content (AvgIpc) is 3.00. The molecule has 3 unspecified atom stereocenters. The number of benzene rings is 2. The lowest BCUT2D eigenvalue weighted by atomic mass is 9.76. The van der Waals surface area contributed by atoms with Crippen molar-refractivity contribution in [2.24, 2.45) is 11.3 Å². The lowest BCUT2D eigenvalue weighted by Crippen LogP contribution is -2.61. The van der Waals surface area contributed by atoms with E-state index in [1.807, 2.05) is 83.5 Å². The van der Waals surface area contributed by atoms with E-state index in [1.54, 1.807) is 14.1 Å². The normalized spacial score (nSPS) is 14.5. The Morgan fingerprint density at radius 2 is 1.58 bits per heavy atom. The van der Waals surface area contributed by atoms with Crippen molar-refractivity contribution in [2.45, 2.75) is 83.8 Å². The molecule has 2 rings (SSSR count). The Kier molecular flexibility index (Phi) is 13.1. The summed E-state index contributed by atoms with van der Waals surface area (Å²) in [7, 11) is -0.135. The summed E-state index contributed by atoms with van der Waals surface area (Å²) >= 11 is 0. The van der Waals surface area contributed by atoms with Crippen LogP contribution in [0.1, 0.15) is 61.0 Å². The minimum atomic E-state index is -4.66. The number of sulfonamides is 1. The van der Waals surface area contributed by atoms with Crippen molar-refractivity contribution >= 4 is 33.4 Å². The Hall–Kier alpha value is -4.30. The lowest BCUT2D eigenvalue weighted by Gasteiger charge is -2.40. The number of hydrogen-bond acceptors (Lipinski definition) is 9. The van der Waals surface area contributed by atoms with Gasteiger partial charge in [0.05, 0.1) is 30.2 Å². The number of amides is 3. The van der Waals surface area contributed by atoms with Gasteiger partial charge in [-0.25, -0.2) is 13.1 Å². The molecule has 0 aliphatic carbocycles. The van der Waals surface area contributed by atoms with E-state index in [0.29, 0.717) is 0 Å². The van der Waals surface area contributed by atoms with Gasteiger partial charge in [0, 0.05) is 18.0 Å². The summed E-state index contributed by atoms with van der Waals surface area (Å²) in [5.41, 5.74) is -1.20. The summed E-state index contributed by atoms with van der Waals surface area (Å²) in [5, 5.41) is 17.6. The van der Waals surface area contributed by atoms with E-state index in [9.17, 15) is 32.9 Å². The van der Waals surface area contributed by atoms with Gasteiger partial charge in [0.2, 0.25) is 11.8 Å². The van der Waals surface area contributed by atoms with Gasteiger partial charge in [-0.15, -0.1) is 0 Å². The largest absolute Gasteiger partial charge is 0.497 e. The summed E-state index contributed by atoms with van der Waals surface area (Å²) < 4.78 is 33.0. The maximum Gasteiger partial charge on any atom is 0.293 e. The fraction of sp³-hybridized carbons (Fsp3) is 0.500. The first kappa shape index (κ1) is 39.9. The number of ether oxygens (including phenoxy) is 1. The number of nitrogens with zero attached hydrogens (tertiary/aromatic N) is 2. The summed E-state index contributed by atoms with van der Waals surface area (Å²) in [6, 6.07) is 10.4. The number of nitro groups is 1. The second kappa shape index (κ2) is 15.7. The highest BCUT2D eigenvalue weighted by atomic mass is 32.2. The number of hydrogen-bond donors (Lipinski definition) is 3. The van der Waals surface area contributed by atoms with Crippen LogP contribution >= 0.6 is 0 Å². The molecule has 48 heavy (non-hydrogen) atoms. The summed E-state index contributed by atoms with van der Waals surface area (Å²) in [6.45, 7) is 14.4. The monoisotopic (exact) mass is 687 g/mol. The molecule has 0 saturated heterocycles. The Bertz CT molecular complexity index is 1630. The van der Waals surface area contributed by atoms with Crippen molar-refractivity contribution in [3.63, 3.8) is 0 Å². The highest BCUT2D eigenvalue weighted by Crippen LogP contribution is 2.30. The molecular weight excluding hydrogens is 638 g/mol. The summed E-state index contributed by atoms with van der Waals surface area (Å²) in [4.78, 5) is 52.4. The number of carbonyl (C=O) groups is 3. The third kappa shape index (κ3) is 9.41. The molecule has 0 radical (unpaired) electrons. The topological polar surface area (TPSA) is 177 Å². The first-order chi connectivity index (χ1) is 22.1. The van der Waals surface area contributed by atoms with Crippen molar-refractivity contribution in [1.82, 2.24) is 20.3 Å². The van der Waals surface area contributed by atoms with Gasteiger partial charge in [-0.1, -0.05) is 84.9 Å². The Morgan fingerprint density at radius 3 is 2.06 bits per heavy atom. The van der Waals surface area contributed by atoms with Crippen LogP contribution in [0.4, 0.5) is 5.69 Å². The van der Waals surface area contributed by atoms with Crippen molar-refractivity contribution in [3.05, 3.63) is 75.9 Å². The minimum absolute atomic E-state index is 0.0377. The van der Waals surface area contributed by atoms with E-state index in [4.69, 9.17) is 4.74 Å². The van der Waals surface area contributed by atoms with E-state index in [1.165, 1.54) is 31.1 Å². The van der Waals surface area contributed by atoms with Crippen molar-refractivity contribution in [2.75, 3.05) is 21.2 Å². The predicted molar refractivity (Wildman–Crippen MR) is 184 cm³/mol. The SMILES string of the molecule is CNC(C(=O)NC(C(=O)N(C)C(/C=C(\C)C(=O)NS(=O)(=O)c1ccc(OC)cc1[N+](=O)[O-])C(C)C)C(C)(C)C)C(C)(C)c1ccccc1. The zero-order valence-corrected chi connectivity index (χ0v) is 30.4. The Balaban J connectivity index is 2.38. The van der Waals surface area contributed by atoms with Crippen LogP contribution in [0.5, 0.6) is 5.75 Å². The molecule has 14 heteroatoms. The maximum atomic E-state index is 14.1. The molecule has 13 nitrogen and oxygen atoms in total. The quantitative estimate of drug-likeness (QED) is 0.151. The highest BCUT2D eigenvalue weighted by molar-refractivity contribution is 7.90. The van der Waals surface area contributed by atoms with Crippen LogP contribution in [0.25, 0.3) is 0 Å². The number of rotatable bonds is 14. The molecule has 2 aromatic rings. The summed E-state index contributed by atoms with van der Waals surface area (Å²) in [6.07, 6.45) is 1.46. The van der Waals surface area contributed by atoms with Crippen molar-refractivity contribution in [3.8, 4) is 5.75 Å². The minimum Gasteiger partial charge on any atom is -0.497 e. The van der Waals surface area contributed by atoms with Crippen LogP contribution in [-0.2, 0) is 29.8 Å². The van der Waals surface area contributed by atoms with Crippen molar-refractivity contribution in [1.29, 1.82) is 0 Å². The fourth-order valence-corrected chi connectivity index (χ4v) is 6.58. The number of likely N-dealkylation sites (N-methyl/N-ethyl adjacent to an activating group) is 2. The van der Waals surface area contributed by atoms with Gasteiger partial charge in [-0.05, 0) is 43.0 Å². The van der Waals surface area contributed by atoms with Crippen molar-refractivity contribution < 1.29 is 32.5 Å². The van der Waals surface area contributed by atoms with Crippen LogP contribution in [0.15, 0.2) is 65.1 Å². The van der Waals surface area contributed by atoms with Gasteiger partial charge in [-0.2, -0.15) is 0 Å². The predicted octanol–water partition coefficient (Wildman–Crippen LogP) is 3.93. The molecule has 264 valence electrons. The number of methoxy groups -OCH3 is 1. The first-order valence-corrected chi connectivity index (χ1v) is 17.0. The molecule has 0 spiro atoms. The molecule has 0 aromatic heterocycles. The first-order valence-electron chi connectivity index (χ1n) is 15.5. The fourth-order valence-electron chi connectivity index (χ4n) is 5.41. The van der Waals surface area contributed by atoms with Gasteiger partial charge >= 0.3 is 0 Å². The van der Waals surface area contributed by atoms with Gasteiger partial charge in [0.1, 0.15) is 11.8 Å². The zero-order valence-electron chi connectivity index (χ0n) is 29.6. The third-order valence-corrected chi connectivity index (χ3v) is 9.70. The molecule has 3 amide bonds. The average molecular weight is 688 g/mol. The van der Waals surface area contributed by atoms with E-state index >= 15 is 0 Å². The molecule has 0 aliphatic rings. The standard InChI is InChI=1S/C34H49N5O8S/c1-21(2)25(19-22(3)30(40)37-48(45,46)27-18-17-24(47-11)20-26(27)39(43)44)38(10)32(42)29(33(4,5)6)36-31(41)28(35-9)34(7,8)23-15-13-12-14-16-23/h12-21,25,28-29,35H,1-11H3,(H,36,41)(H,37,40)/b22-19+. The highest BCUT2D eigenvalue weighted by Gasteiger charge is 2.41. The van der Waals surface area contributed by atoms with E-state index in [-0.39, 0.29) is 23.1 Å². The Morgan fingerprint density at radius 1 is 1.00 bits per heavy atom. The molecule has 0 bridgehead atoms. The molecular formula is C34H49N5O8S. The molecule has 3 atom stereocenters. The maximum absolute atomic E-state index is 14.1.